The standard InChI is InChI=1S/C22H15Cl3N4O3/c1-12-7-14(13(2)28(12)17-5-3-16(23)4-6-17)8-15(11-26)22(30)27-21-19(24)9-18(29(31)32)10-20(21)25/h3-10H,1-2H3,(H,27,30)/b15-8+. The molecule has 0 bridgehead atoms. The Morgan fingerprint density at radius 1 is 1.12 bits per heavy atom. The molecule has 0 unspecified atom stereocenters. The summed E-state index contributed by atoms with van der Waals surface area (Å²) in [7, 11) is 0. The SMILES string of the molecule is Cc1cc(/C=C(\C#N)C(=O)Nc2c(Cl)cc([N+](=O)[O-])cc2Cl)c(C)n1-c1ccc(Cl)cc1. The zero-order chi connectivity index (χ0) is 23.6. The van der Waals surface area contributed by atoms with Gasteiger partial charge >= 0.3 is 0 Å². The molecule has 0 aliphatic heterocycles. The molecule has 1 heterocycles. The summed E-state index contributed by atoms with van der Waals surface area (Å²) in [6.07, 6.45) is 1.46. The average molecular weight is 490 g/mol. The highest BCUT2D eigenvalue weighted by molar-refractivity contribution is 6.40. The molecule has 32 heavy (non-hydrogen) atoms. The Balaban J connectivity index is 1.94. The van der Waals surface area contributed by atoms with Crippen molar-refractivity contribution in [3.05, 3.63) is 90.2 Å². The van der Waals surface area contributed by atoms with Gasteiger partial charge in [-0.3, -0.25) is 14.9 Å². The Kier molecular flexibility index (Phi) is 6.90. The molecule has 0 fully saturated rings. The number of aromatic nitrogens is 1. The number of amides is 1. The van der Waals surface area contributed by atoms with Gasteiger partial charge in [-0.25, -0.2) is 0 Å². The van der Waals surface area contributed by atoms with E-state index < -0.39 is 10.8 Å². The quantitative estimate of drug-likeness (QED) is 0.191. The van der Waals surface area contributed by atoms with Crippen LogP contribution in [0.25, 0.3) is 11.8 Å². The summed E-state index contributed by atoms with van der Waals surface area (Å²) < 4.78 is 1.97. The van der Waals surface area contributed by atoms with Gasteiger partial charge in [0.25, 0.3) is 11.6 Å². The van der Waals surface area contributed by atoms with E-state index in [1.165, 1.54) is 6.08 Å². The number of nitrogens with zero attached hydrogens (tertiary/aromatic N) is 3. The number of anilines is 1. The fourth-order valence-corrected chi connectivity index (χ4v) is 3.89. The van der Waals surface area contributed by atoms with E-state index in [2.05, 4.69) is 5.32 Å². The number of hydrogen-bond donors (Lipinski definition) is 1. The van der Waals surface area contributed by atoms with Crippen molar-refractivity contribution in [3.63, 3.8) is 0 Å². The van der Waals surface area contributed by atoms with E-state index in [-0.39, 0.29) is 27.0 Å². The Labute approximate surface area is 198 Å². The summed E-state index contributed by atoms with van der Waals surface area (Å²) in [5.41, 5.74) is 2.75. The highest BCUT2D eigenvalue weighted by atomic mass is 35.5. The van der Waals surface area contributed by atoms with Gasteiger partial charge in [-0.2, -0.15) is 5.26 Å². The average Bonchev–Trinajstić information content (AvgIpc) is 3.02. The van der Waals surface area contributed by atoms with Crippen molar-refractivity contribution in [1.29, 1.82) is 5.26 Å². The molecule has 3 aromatic rings. The smallest absolute Gasteiger partial charge is 0.272 e. The minimum atomic E-state index is -0.749. The zero-order valence-corrected chi connectivity index (χ0v) is 19.1. The first-order valence-electron chi connectivity index (χ1n) is 9.14. The molecule has 0 radical (unpaired) electrons. The summed E-state index contributed by atoms with van der Waals surface area (Å²) in [4.78, 5) is 23.0. The van der Waals surface area contributed by atoms with Gasteiger partial charge in [-0.15, -0.1) is 0 Å². The molecule has 2 aromatic carbocycles. The van der Waals surface area contributed by atoms with Crippen LogP contribution >= 0.6 is 34.8 Å². The minimum Gasteiger partial charge on any atom is -0.319 e. The number of benzene rings is 2. The molecule has 0 saturated heterocycles. The van der Waals surface area contributed by atoms with Gasteiger partial charge in [-0.1, -0.05) is 34.8 Å². The van der Waals surface area contributed by atoms with E-state index >= 15 is 0 Å². The lowest BCUT2D eigenvalue weighted by Crippen LogP contribution is -2.14. The first kappa shape index (κ1) is 23.4. The van der Waals surface area contributed by atoms with Crippen molar-refractivity contribution in [2.45, 2.75) is 13.8 Å². The third-order valence-electron chi connectivity index (χ3n) is 4.70. The molecule has 0 spiro atoms. The number of carbonyl (C=O) groups excluding carboxylic acids is 1. The summed E-state index contributed by atoms with van der Waals surface area (Å²) in [5, 5.41) is 23.3. The predicted molar refractivity (Wildman–Crippen MR) is 126 cm³/mol. The Morgan fingerprint density at radius 3 is 2.25 bits per heavy atom. The summed E-state index contributed by atoms with van der Waals surface area (Å²) in [6.45, 7) is 3.77. The van der Waals surface area contributed by atoms with E-state index in [1.807, 2.05) is 42.7 Å². The fourth-order valence-electron chi connectivity index (χ4n) is 3.19. The van der Waals surface area contributed by atoms with Crippen LogP contribution in [0.1, 0.15) is 17.0 Å². The number of hydrogen-bond acceptors (Lipinski definition) is 4. The van der Waals surface area contributed by atoms with Crippen LogP contribution in [-0.4, -0.2) is 15.4 Å². The third kappa shape index (κ3) is 4.78. The van der Waals surface area contributed by atoms with Crippen LogP contribution in [0.15, 0.2) is 48.0 Å². The molecule has 0 saturated carbocycles. The van der Waals surface area contributed by atoms with Gasteiger partial charge in [-0.05, 0) is 55.8 Å². The monoisotopic (exact) mass is 488 g/mol. The van der Waals surface area contributed by atoms with Crippen molar-refractivity contribution in [2.24, 2.45) is 0 Å². The number of nitro groups is 1. The van der Waals surface area contributed by atoms with Gasteiger partial charge in [0.2, 0.25) is 0 Å². The Morgan fingerprint density at radius 2 is 1.72 bits per heavy atom. The van der Waals surface area contributed by atoms with Crippen molar-refractivity contribution < 1.29 is 9.72 Å². The number of nitro benzene ring substituents is 1. The van der Waals surface area contributed by atoms with Gasteiger partial charge in [0.15, 0.2) is 0 Å². The van der Waals surface area contributed by atoms with Crippen LogP contribution in [0.5, 0.6) is 0 Å². The van der Waals surface area contributed by atoms with Gasteiger partial charge in [0.1, 0.15) is 11.6 Å². The van der Waals surface area contributed by atoms with Gasteiger partial charge < -0.3 is 9.88 Å². The lowest BCUT2D eigenvalue weighted by atomic mass is 10.1. The van der Waals surface area contributed by atoms with E-state index in [9.17, 15) is 20.2 Å². The number of rotatable bonds is 5. The second kappa shape index (κ2) is 9.45. The Bertz CT molecular complexity index is 1280. The highest BCUT2D eigenvalue weighted by Crippen LogP contribution is 2.35. The fraction of sp³-hybridized carbons (Fsp3) is 0.0909. The molecule has 7 nitrogen and oxygen atoms in total. The molecular weight excluding hydrogens is 475 g/mol. The van der Waals surface area contributed by atoms with Gasteiger partial charge in [0, 0.05) is 34.2 Å². The second-order valence-corrected chi connectivity index (χ2v) is 8.05. The van der Waals surface area contributed by atoms with Crippen molar-refractivity contribution >= 4 is 58.2 Å². The normalized spacial score (nSPS) is 11.2. The number of non-ortho nitro benzene ring substituents is 1. The number of aryl methyl sites for hydroxylation is 1. The van der Waals surface area contributed by atoms with E-state index in [4.69, 9.17) is 34.8 Å². The maximum absolute atomic E-state index is 12.7. The number of halogens is 3. The molecule has 1 aromatic heterocycles. The number of nitriles is 1. The predicted octanol–water partition coefficient (Wildman–Crippen LogP) is 6.51. The van der Waals surface area contributed by atoms with Crippen LogP contribution in [0, 0.1) is 35.3 Å². The van der Waals surface area contributed by atoms with Crippen LogP contribution in [0.2, 0.25) is 15.1 Å². The summed E-state index contributed by atoms with van der Waals surface area (Å²) in [6, 6.07) is 13.1. The maximum Gasteiger partial charge on any atom is 0.272 e. The van der Waals surface area contributed by atoms with Crippen molar-refractivity contribution in [1.82, 2.24) is 4.57 Å². The van der Waals surface area contributed by atoms with Crippen LogP contribution < -0.4 is 5.32 Å². The molecule has 10 heteroatoms. The lowest BCUT2D eigenvalue weighted by molar-refractivity contribution is -0.384. The molecule has 3 rings (SSSR count). The van der Waals surface area contributed by atoms with E-state index in [0.29, 0.717) is 10.6 Å². The first-order valence-corrected chi connectivity index (χ1v) is 10.3. The highest BCUT2D eigenvalue weighted by Gasteiger charge is 2.19. The largest absolute Gasteiger partial charge is 0.319 e. The van der Waals surface area contributed by atoms with Crippen molar-refractivity contribution in [3.8, 4) is 11.8 Å². The van der Waals surface area contributed by atoms with Crippen LogP contribution in [0.3, 0.4) is 0 Å². The van der Waals surface area contributed by atoms with Crippen LogP contribution in [0.4, 0.5) is 11.4 Å². The second-order valence-electron chi connectivity index (χ2n) is 6.80. The molecule has 0 atom stereocenters. The number of carbonyl (C=O) groups is 1. The van der Waals surface area contributed by atoms with E-state index in [0.717, 1.165) is 29.2 Å². The van der Waals surface area contributed by atoms with Crippen molar-refractivity contribution in [2.75, 3.05) is 5.32 Å². The van der Waals surface area contributed by atoms with Crippen LogP contribution in [-0.2, 0) is 4.79 Å². The number of nitrogens with one attached hydrogen (secondary N) is 1. The Hall–Kier alpha value is -3.31. The third-order valence-corrected chi connectivity index (χ3v) is 5.54. The first-order chi connectivity index (χ1) is 15.1. The zero-order valence-electron chi connectivity index (χ0n) is 16.8. The topological polar surface area (TPSA) is 101 Å². The summed E-state index contributed by atoms with van der Waals surface area (Å²) >= 11 is 18.0. The summed E-state index contributed by atoms with van der Waals surface area (Å²) in [5.74, 6) is -0.749. The molecule has 1 N–H and O–H groups in total. The molecule has 162 valence electrons. The van der Waals surface area contributed by atoms with Gasteiger partial charge in [0.05, 0.1) is 20.7 Å². The molecule has 0 aliphatic carbocycles. The lowest BCUT2D eigenvalue weighted by Gasteiger charge is -2.10. The molecule has 0 aliphatic rings. The minimum absolute atomic E-state index is 0.0169. The molecular formula is C22H15Cl3N4O3. The van der Waals surface area contributed by atoms with E-state index in [1.54, 1.807) is 12.1 Å². The molecule has 1 amide bonds. The maximum atomic E-state index is 12.7.